The molecule has 5 rings (SSSR count). The van der Waals surface area contributed by atoms with Crippen LogP contribution in [0.3, 0.4) is 0 Å². The number of aromatic nitrogens is 2. The number of rotatable bonds is 6. The second-order valence-electron chi connectivity index (χ2n) is 7.65. The quantitative estimate of drug-likeness (QED) is 0.475. The number of hydrogen-bond acceptors (Lipinski definition) is 5. The summed E-state index contributed by atoms with van der Waals surface area (Å²) < 4.78 is 13.4. The van der Waals surface area contributed by atoms with Gasteiger partial charge in [-0.1, -0.05) is 31.0 Å². The maximum absolute atomic E-state index is 12.6. The highest BCUT2D eigenvalue weighted by atomic mass is 16.5. The molecule has 1 aliphatic rings. The SMILES string of the molecule is COc1cc2c(cc1NCC(=O)Nc1ccnn1C1CCCC1)oc1ccccc12. The lowest BCUT2D eigenvalue weighted by Crippen LogP contribution is -2.24. The van der Waals surface area contributed by atoms with Crippen LogP contribution in [0.5, 0.6) is 5.75 Å². The average Bonchev–Trinajstić information content (AvgIpc) is 3.50. The second kappa shape index (κ2) is 7.74. The standard InChI is InChI=1S/C23H24N4O3/c1-29-21-12-17-16-8-4-5-9-19(16)30-20(17)13-18(21)24-14-23(28)26-22-10-11-25-27(22)15-6-2-3-7-15/h4-5,8-13,15,24H,2-3,6-7,14H2,1H3,(H,26,28). The molecule has 154 valence electrons. The van der Waals surface area contributed by atoms with Gasteiger partial charge in [0.25, 0.3) is 0 Å². The van der Waals surface area contributed by atoms with Crippen molar-refractivity contribution in [3.63, 3.8) is 0 Å². The van der Waals surface area contributed by atoms with E-state index in [9.17, 15) is 4.79 Å². The highest BCUT2D eigenvalue weighted by Gasteiger charge is 2.20. The third-order valence-corrected chi connectivity index (χ3v) is 5.75. The van der Waals surface area contributed by atoms with Crippen LogP contribution in [0.15, 0.2) is 53.1 Å². The van der Waals surface area contributed by atoms with E-state index in [4.69, 9.17) is 9.15 Å². The van der Waals surface area contributed by atoms with Crippen LogP contribution in [-0.2, 0) is 4.79 Å². The summed E-state index contributed by atoms with van der Waals surface area (Å²) in [6.45, 7) is 0.109. The number of anilines is 2. The molecule has 7 heteroatoms. The predicted octanol–water partition coefficient (Wildman–Crippen LogP) is 4.96. The zero-order valence-electron chi connectivity index (χ0n) is 16.9. The predicted molar refractivity (Wildman–Crippen MR) is 117 cm³/mol. The summed E-state index contributed by atoms with van der Waals surface area (Å²) in [7, 11) is 1.62. The molecule has 2 aromatic heterocycles. The number of fused-ring (bicyclic) bond motifs is 3. The van der Waals surface area contributed by atoms with Gasteiger partial charge in [0.15, 0.2) is 0 Å². The van der Waals surface area contributed by atoms with E-state index in [0.717, 1.165) is 40.6 Å². The Labute approximate surface area is 174 Å². The van der Waals surface area contributed by atoms with Crippen LogP contribution in [-0.4, -0.2) is 29.3 Å². The van der Waals surface area contributed by atoms with Crippen molar-refractivity contribution in [2.24, 2.45) is 0 Å². The van der Waals surface area contributed by atoms with Gasteiger partial charge < -0.3 is 19.8 Å². The Hall–Kier alpha value is -3.48. The van der Waals surface area contributed by atoms with Gasteiger partial charge >= 0.3 is 0 Å². The number of hydrogen-bond donors (Lipinski definition) is 2. The molecule has 1 fully saturated rings. The Balaban J connectivity index is 1.33. The number of furan rings is 1. The summed E-state index contributed by atoms with van der Waals surface area (Å²) in [6, 6.07) is 13.9. The molecular formula is C23H24N4O3. The first kappa shape index (κ1) is 18.5. The lowest BCUT2D eigenvalue weighted by Gasteiger charge is -2.15. The number of para-hydroxylation sites is 1. The largest absolute Gasteiger partial charge is 0.495 e. The Kier molecular flexibility index (Phi) is 4.78. The minimum atomic E-state index is -0.137. The molecule has 0 bridgehead atoms. The van der Waals surface area contributed by atoms with Gasteiger partial charge in [-0.3, -0.25) is 4.79 Å². The lowest BCUT2D eigenvalue weighted by atomic mass is 10.1. The van der Waals surface area contributed by atoms with Crippen molar-refractivity contribution < 1.29 is 13.9 Å². The van der Waals surface area contributed by atoms with E-state index in [0.29, 0.717) is 17.5 Å². The maximum Gasteiger partial charge on any atom is 0.244 e. The number of carbonyl (C=O) groups is 1. The summed E-state index contributed by atoms with van der Waals surface area (Å²) in [5.74, 6) is 1.27. The van der Waals surface area contributed by atoms with Gasteiger partial charge in [0, 0.05) is 22.9 Å². The van der Waals surface area contributed by atoms with Crippen LogP contribution in [0.2, 0.25) is 0 Å². The number of nitrogens with one attached hydrogen (secondary N) is 2. The molecular weight excluding hydrogens is 380 g/mol. The van der Waals surface area contributed by atoms with Crippen molar-refractivity contribution in [1.29, 1.82) is 0 Å². The first-order chi connectivity index (χ1) is 14.7. The number of carbonyl (C=O) groups excluding carboxylic acids is 1. The van der Waals surface area contributed by atoms with Crippen LogP contribution in [0, 0.1) is 0 Å². The molecule has 2 heterocycles. The van der Waals surface area contributed by atoms with Crippen LogP contribution in [0.4, 0.5) is 11.5 Å². The van der Waals surface area contributed by atoms with Gasteiger partial charge in [-0.25, -0.2) is 4.68 Å². The third-order valence-electron chi connectivity index (χ3n) is 5.75. The summed E-state index contributed by atoms with van der Waals surface area (Å²) in [5.41, 5.74) is 2.28. The van der Waals surface area contributed by atoms with Crippen molar-refractivity contribution in [3.05, 3.63) is 48.7 Å². The smallest absolute Gasteiger partial charge is 0.244 e. The summed E-state index contributed by atoms with van der Waals surface area (Å²) in [6.07, 6.45) is 6.38. The van der Waals surface area contributed by atoms with E-state index < -0.39 is 0 Å². The molecule has 1 aliphatic carbocycles. The molecule has 2 N–H and O–H groups in total. The third kappa shape index (κ3) is 3.36. The maximum atomic E-state index is 12.6. The molecule has 0 radical (unpaired) electrons. The minimum Gasteiger partial charge on any atom is -0.495 e. The monoisotopic (exact) mass is 404 g/mol. The van der Waals surface area contributed by atoms with Gasteiger partial charge in [0.05, 0.1) is 31.6 Å². The Bertz CT molecular complexity index is 1200. The number of nitrogens with zero attached hydrogens (tertiary/aromatic N) is 2. The molecule has 4 aromatic rings. The lowest BCUT2D eigenvalue weighted by molar-refractivity contribution is -0.114. The van der Waals surface area contributed by atoms with E-state index in [1.165, 1.54) is 12.8 Å². The molecule has 0 spiro atoms. The molecule has 0 aliphatic heterocycles. The van der Waals surface area contributed by atoms with E-state index in [1.807, 2.05) is 47.1 Å². The average molecular weight is 404 g/mol. The second-order valence-corrected chi connectivity index (χ2v) is 7.65. The van der Waals surface area contributed by atoms with Crippen molar-refractivity contribution in [2.75, 3.05) is 24.3 Å². The van der Waals surface area contributed by atoms with Crippen LogP contribution in [0.1, 0.15) is 31.7 Å². The summed E-state index contributed by atoms with van der Waals surface area (Å²) in [4.78, 5) is 12.6. The van der Waals surface area contributed by atoms with Crippen LogP contribution < -0.4 is 15.4 Å². The fraction of sp³-hybridized carbons (Fsp3) is 0.304. The molecule has 0 unspecified atom stereocenters. The number of ether oxygens (including phenoxy) is 1. The summed E-state index contributed by atoms with van der Waals surface area (Å²) in [5, 5.41) is 12.6. The van der Waals surface area contributed by atoms with Crippen molar-refractivity contribution >= 4 is 39.4 Å². The molecule has 1 amide bonds. The Morgan fingerprint density at radius 1 is 1.17 bits per heavy atom. The topological polar surface area (TPSA) is 81.3 Å². The molecule has 30 heavy (non-hydrogen) atoms. The van der Waals surface area contributed by atoms with Gasteiger partial charge in [-0.2, -0.15) is 5.10 Å². The van der Waals surface area contributed by atoms with Crippen LogP contribution >= 0.6 is 0 Å². The van der Waals surface area contributed by atoms with E-state index in [-0.39, 0.29) is 12.5 Å². The highest BCUT2D eigenvalue weighted by molar-refractivity contribution is 6.06. The van der Waals surface area contributed by atoms with Gasteiger partial charge in [-0.05, 0) is 25.0 Å². The number of amides is 1. The van der Waals surface area contributed by atoms with Crippen molar-refractivity contribution in [3.8, 4) is 5.75 Å². The highest BCUT2D eigenvalue weighted by Crippen LogP contribution is 2.36. The van der Waals surface area contributed by atoms with Gasteiger partial charge in [0.1, 0.15) is 22.7 Å². The normalized spacial score (nSPS) is 14.4. The number of benzene rings is 2. The fourth-order valence-corrected chi connectivity index (χ4v) is 4.27. The fourth-order valence-electron chi connectivity index (χ4n) is 4.27. The van der Waals surface area contributed by atoms with E-state index >= 15 is 0 Å². The summed E-state index contributed by atoms with van der Waals surface area (Å²) >= 11 is 0. The van der Waals surface area contributed by atoms with E-state index in [1.54, 1.807) is 13.3 Å². The first-order valence-corrected chi connectivity index (χ1v) is 10.3. The Morgan fingerprint density at radius 3 is 2.83 bits per heavy atom. The minimum absolute atomic E-state index is 0.109. The van der Waals surface area contributed by atoms with E-state index in [2.05, 4.69) is 15.7 Å². The number of methoxy groups -OCH3 is 1. The molecule has 7 nitrogen and oxygen atoms in total. The van der Waals surface area contributed by atoms with Gasteiger partial charge in [-0.15, -0.1) is 0 Å². The zero-order valence-corrected chi connectivity index (χ0v) is 16.9. The Morgan fingerprint density at radius 2 is 2.00 bits per heavy atom. The van der Waals surface area contributed by atoms with Crippen LogP contribution in [0.25, 0.3) is 21.9 Å². The van der Waals surface area contributed by atoms with Crippen molar-refractivity contribution in [2.45, 2.75) is 31.7 Å². The molecule has 1 saturated carbocycles. The molecule has 2 aromatic carbocycles. The van der Waals surface area contributed by atoms with Gasteiger partial charge in [0.2, 0.25) is 5.91 Å². The molecule has 0 atom stereocenters. The first-order valence-electron chi connectivity index (χ1n) is 10.3. The molecule has 0 saturated heterocycles. The zero-order chi connectivity index (χ0) is 20.5. The van der Waals surface area contributed by atoms with Crippen molar-refractivity contribution in [1.82, 2.24) is 9.78 Å².